The van der Waals surface area contributed by atoms with Crippen molar-refractivity contribution in [1.29, 1.82) is 0 Å². The summed E-state index contributed by atoms with van der Waals surface area (Å²) < 4.78 is 0. The summed E-state index contributed by atoms with van der Waals surface area (Å²) in [6, 6.07) is 7.02. The molecule has 0 aliphatic heterocycles. The van der Waals surface area contributed by atoms with Crippen molar-refractivity contribution in [2.24, 2.45) is 5.41 Å². The van der Waals surface area contributed by atoms with Crippen LogP contribution in [0, 0.1) is 5.41 Å². The molecule has 1 rings (SSSR count). The van der Waals surface area contributed by atoms with E-state index in [1.54, 1.807) is 51.1 Å². The van der Waals surface area contributed by atoms with Gasteiger partial charge in [0, 0.05) is 16.5 Å². The average Bonchev–Trinajstić information content (AvgIpc) is 2.38. The molecular weight excluding hydrogens is 300 g/mol. The Balaban J connectivity index is 3.07. The predicted octanol–water partition coefficient (Wildman–Crippen LogP) is 3.37. The smallest absolute Gasteiger partial charge is 0.268 e. The van der Waals surface area contributed by atoms with E-state index in [1.165, 1.54) is 0 Å². The zero-order valence-electron chi connectivity index (χ0n) is 13.7. The minimum atomic E-state index is -0.586. The molecule has 0 spiro atoms. The highest BCUT2D eigenvalue weighted by Gasteiger charge is 2.24. The first kappa shape index (κ1) is 18.2. The van der Waals surface area contributed by atoms with Gasteiger partial charge in [-0.05, 0) is 37.6 Å². The van der Waals surface area contributed by atoms with Crippen molar-refractivity contribution < 1.29 is 9.59 Å². The fraction of sp³-hybridized carbons (Fsp3) is 0.412. The molecule has 0 fully saturated rings. The lowest BCUT2D eigenvalue weighted by Crippen LogP contribution is -2.41. The van der Waals surface area contributed by atoms with Crippen molar-refractivity contribution in [3.8, 4) is 0 Å². The first-order valence-corrected chi connectivity index (χ1v) is 7.57. The summed E-state index contributed by atoms with van der Waals surface area (Å²) in [6.07, 6.45) is 1.64. The Hall–Kier alpha value is -1.81. The number of amides is 2. The number of carbonyl (C=O) groups excluding carboxylic acids is 2. The molecule has 1 aromatic carbocycles. The van der Waals surface area contributed by atoms with Crippen LogP contribution in [-0.2, 0) is 9.59 Å². The molecule has 0 saturated heterocycles. The van der Waals surface area contributed by atoms with E-state index >= 15 is 0 Å². The topological polar surface area (TPSA) is 58.2 Å². The summed E-state index contributed by atoms with van der Waals surface area (Å²) >= 11 is 5.85. The Labute approximate surface area is 136 Å². The number of nitrogens with one attached hydrogen (secondary N) is 2. The number of halogens is 1. The lowest BCUT2D eigenvalue weighted by Gasteiger charge is -2.20. The molecule has 4 nitrogen and oxygen atoms in total. The maximum absolute atomic E-state index is 12.3. The monoisotopic (exact) mass is 322 g/mol. The maximum Gasteiger partial charge on any atom is 0.268 e. The fourth-order valence-corrected chi connectivity index (χ4v) is 1.66. The summed E-state index contributed by atoms with van der Waals surface area (Å²) in [5.41, 5.74) is 0.417. The highest BCUT2D eigenvalue weighted by Crippen LogP contribution is 2.16. The van der Waals surface area contributed by atoms with Crippen LogP contribution in [0.15, 0.2) is 30.0 Å². The molecule has 5 heteroatoms. The van der Waals surface area contributed by atoms with Gasteiger partial charge in [0.25, 0.3) is 5.91 Å². The molecule has 2 amide bonds. The number of carbonyl (C=O) groups is 2. The zero-order chi connectivity index (χ0) is 16.9. The van der Waals surface area contributed by atoms with Crippen molar-refractivity contribution in [3.63, 3.8) is 0 Å². The lowest BCUT2D eigenvalue weighted by atomic mass is 9.95. The van der Waals surface area contributed by atoms with Crippen molar-refractivity contribution in [1.82, 2.24) is 10.6 Å². The quantitative estimate of drug-likeness (QED) is 0.835. The van der Waals surface area contributed by atoms with E-state index in [-0.39, 0.29) is 23.6 Å². The molecule has 0 radical (unpaired) electrons. The molecule has 22 heavy (non-hydrogen) atoms. The van der Waals surface area contributed by atoms with Crippen molar-refractivity contribution in [2.75, 3.05) is 0 Å². The van der Waals surface area contributed by atoms with Gasteiger partial charge >= 0.3 is 0 Å². The lowest BCUT2D eigenvalue weighted by molar-refractivity contribution is -0.129. The van der Waals surface area contributed by atoms with E-state index in [2.05, 4.69) is 10.6 Å². The second kappa shape index (κ2) is 7.45. The standard InChI is InChI=1S/C17H23ClN2O2/c1-11(2)19-15(21)14(20-16(22)17(3,4)5)10-12-6-8-13(18)9-7-12/h6-11H,1-5H3,(H,19,21)(H,20,22)/b14-10+. The van der Waals surface area contributed by atoms with Gasteiger partial charge in [-0.2, -0.15) is 0 Å². The zero-order valence-corrected chi connectivity index (χ0v) is 14.4. The first-order valence-electron chi connectivity index (χ1n) is 7.19. The second-order valence-corrected chi connectivity index (χ2v) is 6.88. The van der Waals surface area contributed by atoms with E-state index < -0.39 is 5.41 Å². The summed E-state index contributed by atoms with van der Waals surface area (Å²) in [6.45, 7) is 9.11. The van der Waals surface area contributed by atoms with Crippen molar-refractivity contribution in [2.45, 2.75) is 40.7 Å². The van der Waals surface area contributed by atoms with Crippen LogP contribution in [-0.4, -0.2) is 17.9 Å². The Morgan fingerprint density at radius 1 is 1.14 bits per heavy atom. The van der Waals surface area contributed by atoms with Gasteiger partial charge in [0.2, 0.25) is 5.91 Å². The van der Waals surface area contributed by atoms with E-state index in [1.807, 2.05) is 13.8 Å². The molecular formula is C17H23ClN2O2. The summed E-state index contributed by atoms with van der Waals surface area (Å²) in [7, 11) is 0. The van der Waals surface area contributed by atoms with Crippen LogP contribution < -0.4 is 10.6 Å². The van der Waals surface area contributed by atoms with Gasteiger partial charge in [-0.3, -0.25) is 9.59 Å². The number of hydrogen-bond acceptors (Lipinski definition) is 2. The predicted molar refractivity (Wildman–Crippen MR) is 90.3 cm³/mol. The molecule has 0 heterocycles. The van der Waals surface area contributed by atoms with Crippen LogP contribution in [0.4, 0.5) is 0 Å². The molecule has 120 valence electrons. The Morgan fingerprint density at radius 2 is 1.68 bits per heavy atom. The third kappa shape index (κ3) is 5.90. The molecule has 0 unspecified atom stereocenters. The van der Waals surface area contributed by atoms with E-state index in [4.69, 9.17) is 11.6 Å². The highest BCUT2D eigenvalue weighted by molar-refractivity contribution is 6.30. The molecule has 0 bridgehead atoms. The third-order valence-corrected chi connectivity index (χ3v) is 3.03. The molecule has 0 aliphatic carbocycles. The molecule has 0 aliphatic rings. The van der Waals surface area contributed by atoms with Crippen LogP contribution in [0.1, 0.15) is 40.2 Å². The summed E-state index contributed by atoms with van der Waals surface area (Å²) in [4.78, 5) is 24.4. The normalized spacial score (nSPS) is 12.2. The van der Waals surface area contributed by atoms with Gasteiger partial charge in [0.05, 0.1) is 0 Å². The first-order chi connectivity index (χ1) is 10.1. The van der Waals surface area contributed by atoms with Crippen molar-refractivity contribution >= 4 is 29.5 Å². The van der Waals surface area contributed by atoms with E-state index in [9.17, 15) is 9.59 Å². The largest absolute Gasteiger partial charge is 0.349 e. The van der Waals surface area contributed by atoms with Crippen LogP contribution in [0.2, 0.25) is 5.02 Å². The van der Waals surface area contributed by atoms with Gasteiger partial charge in [-0.25, -0.2) is 0 Å². The Bertz CT molecular complexity index is 569. The van der Waals surface area contributed by atoms with Gasteiger partial charge in [-0.15, -0.1) is 0 Å². The molecule has 0 atom stereocenters. The molecule has 0 saturated carbocycles. The molecule has 1 aromatic rings. The second-order valence-electron chi connectivity index (χ2n) is 6.44. The Morgan fingerprint density at radius 3 is 2.14 bits per heavy atom. The number of rotatable bonds is 4. The van der Waals surface area contributed by atoms with Crippen LogP contribution in [0.3, 0.4) is 0 Å². The van der Waals surface area contributed by atoms with Crippen LogP contribution in [0.25, 0.3) is 6.08 Å². The molecule has 2 N–H and O–H groups in total. The average molecular weight is 323 g/mol. The van der Waals surface area contributed by atoms with Gasteiger partial charge in [-0.1, -0.05) is 44.5 Å². The van der Waals surface area contributed by atoms with Crippen LogP contribution >= 0.6 is 11.6 Å². The van der Waals surface area contributed by atoms with E-state index in [0.717, 1.165) is 5.56 Å². The fourth-order valence-electron chi connectivity index (χ4n) is 1.53. The minimum absolute atomic E-state index is 0.0207. The van der Waals surface area contributed by atoms with Crippen LogP contribution in [0.5, 0.6) is 0 Å². The van der Waals surface area contributed by atoms with Gasteiger partial charge in [0.15, 0.2) is 0 Å². The Kier molecular flexibility index (Phi) is 6.18. The maximum atomic E-state index is 12.3. The highest BCUT2D eigenvalue weighted by atomic mass is 35.5. The van der Waals surface area contributed by atoms with Crippen molar-refractivity contribution in [3.05, 3.63) is 40.5 Å². The minimum Gasteiger partial charge on any atom is -0.349 e. The van der Waals surface area contributed by atoms with Gasteiger partial charge < -0.3 is 10.6 Å². The van der Waals surface area contributed by atoms with E-state index in [0.29, 0.717) is 5.02 Å². The SMILES string of the molecule is CC(C)NC(=O)/C(=C\c1ccc(Cl)cc1)NC(=O)C(C)(C)C. The molecule has 0 aromatic heterocycles. The summed E-state index contributed by atoms with van der Waals surface area (Å²) in [5.74, 6) is -0.533. The number of hydrogen-bond donors (Lipinski definition) is 2. The third-order valence-electron chi connectivity index (χ3n) is 2.77. The number of benzene rings is 1. The summed E-state index contributed by atoms with van der Waals surface area (Å²) in [5, 5.41) is 6.10. The van der Waals surface area contributed by atoms with Gasteiger partial charge in [0.1, 0.15) is 5.70 Å².